The molecular weight excluding hydrogens is 198 g/mol. The highest BCUT2D eigenvalue weighted by Crippen LogP contribution is 2.39. The van der Waals surface area contributed by atoms with Gasteiger partial charge in [0.1, 0.15) is 0 Å². The fourth-order valence-electron chi connectivity index (χ4n) is 3.10. The van der Waals surface area contributed by atoms with E-state index in [1.807, 2.05) is 0 Å². The third-order valence-corrected chi connectivity index (χ3v) is 4.45. The molecule has 1 saturated carbocycles. The van der Waals surface area contributed by atoms with Gasteiger partial charge < -0.3 is 10.0 Å². The largest absolute Gasteiger partial charge is 0.396 e. The first-order valence-corrected chi connectivity index (χ1v) is 6.84. The van der Waals surface area contributed by atoms with Gasteiger partial charge >= 0.3 is 0 Å². The second kappa shape index (κ2) is 6.02. The van der Waals surface area contributed by atoms with Gasteiger partial charge in [-0.05, 0) is 39.2 Å². The van der Waals surface area contributed by atoms with Crippen molar-refractivity contribution in [2.45, 2.75) is 58.9 Å². The van der Waals surface area contributed by atoms with E-state index in [2.05, 4.69) is 32.7 Å². The molecule has 2 heteroatoms. The van der Waals surface area contributed by atoms with Gasteiger partial charge in [0.15, 0.2) is 0 Å². The lowest BCUT2D eigenvalue weighted by molar-refractivity contribution is 0.0212. The third kappa shape index (κ3) is 3.46. The van der Waals surface area contributed by atoms with E-state index < -0.39 is 0 Å². The number of hydrogen-bond donors (Lipinski definition) is 1. The van der Waals surface area contributed by atoms with E-state index in [0.717, 1.165) is 12.5 Å². The van der Waals surface area contributed by atoms with Gasteiger partial charge in [0, 0.05) is 24.6 Å². The Morgan fingerprint density at radius 2 is 2.19 bits per heavy atom. The molecule has 0 saturated heterocycles. The molecule has 0 heterocycles. The summed E-state index contributed by atoms with van der Waals surface area (Å²) in [5.74, 6) is 0.784. The van der Waals surface area contributed by atoms with Crippen LogP contribution in [0.2, 0.25) is 0 Å². The summed E-state index contributed by atoms with van der Waals surface area (Å²) in [5.41, 5.74) is 0.176. The highest BCUT2D eigenvalue weighted by Gasteiger charge is 2.35. The molecule has 0 amide bonds. The molecule has 0 aromatic carbocycles. The molecule has 3 unspecified atom stereocenters. The van der Waals surface area contributed by atoms with E-state index in [9.17, 15) is 5.11 Å². The zero-order valence-electron chi connectivity index (χ0n) is 11.5. The number of aliphatic hydroxyl groups is 1. The molecule has 2 nitrogen and oxygen atoms in total. The summed E-state index contributed by atoms with van der Waals surface area (Å²) in [5, 5.41) is 9.74. The average molecular weight is 227 g/mol. The molecule has 1 fully saturated rings. The predicted molar refractivity (Wildman–Crippen MR) is 69.5 cm³/mol. The van der Waals surface area contributed by atoms with Crippen LogP contribution in [0.15, 0.2) is 0 Å². The minimum absolute atomic E-state index is 0.176. The molecule has 1 rings (SSSR count). The molecule has 0 bridgehead atoms. The van der Waals surface area contributed by atoms with Crippen molar-refractivity contribution in [2.75, 3.05) is 20.2 Å². The second-order valence-corrected chi connectivity index (χ2v) is 6.03. The monoisotopic (exact) mass is 227 g/mol. The van der Waals surface area contributed by atoms with Crippen LogP contribution < -0.4 is 0 Å². The van der Waals surface area contributed by atoms with E-state index >= 15 is 0 Å². The third-order valence-electron chi connectivity index (χ3n) is 4.45. The summed E-state index contributed by atoms with van der Waals surface area (Å²) in [6.45, 7) is 8.25. The highest BCUT2D eigenvalue weighted by atomic mass is 16.3. The maximum Gasteiger partial charge on any atom is 0.0499 e. The molecule has 3 atom stereocenters. The minimum Gasteiger partial charge on any atom is -0.396 e. The van der Waals surface area contributed by atoms with E-state index in [-0.39, 0.29) is 5.41 Å². The number of aliphatic hydroxyl groups excluding tert-OH is 1. The molecule has 1 aliphatic carbocycles. The Kier molecular flexibility index (Phi) is 5.26. The summed E-state index contributed by atoms with van der Waals surface area (Å²) in [6.07, 6.45) is 6.22. The fraction of sp³-hybridized carbons (Fsp3) is 1.00. The predicted octanol–water partition coefficient (Wildman–Crippen LogP) is 2.91. The van der Waals surface area contributed by atoms with Gasteiger partial charge in [0.25, 0.3) is 0 Å². The topological polar surface area (TPSA) is 23.5 Å². The van der Waals surface area contributed by atoms with E-state index in [0.29, 0.717) is 12.6 Å². The van der Waals surface area contributed by atoms with Crippen LogP contribution in [0.4, 0.5) is 0 Å². The van der Waals surface area contributed by atoms with Gasteiger partial charge in [0.05, 0.1) is 0 Å². The maximum atomic E-state index is 9.74. The molecule has 16 heavy (non-hydrogen) atoms. The number of rotatable bonds is 5. The van der Waals surface area contributed by atoms with Gasteiger partial charge in [-0.15, -0.1) is 0 Å². The van der Waals surface area contributed by atoms with Crippen molar-refractivity contribution >= 4 is 0 Å². The van der Waals surface area contributed by atoms with Crippen LogP contribution in [0.25, 0.3) is 0 Å². The van der Waals surface area contributed by atoms with Crippen molar-refractivity contribution < 1.29 is 5.11 Å². The molecule has 0 radical (unpaired) electrons. The molecule has 96 valence electrons. The van der Waals surface area contributed by atoms with Crippen LogP contribution in [0, 0.1) is 11.3 Å². The van der Waals surface area contributed by atoms with Crippen molar-refractivity contribution in [1.29, 1.82) is 0 Å². The van der Waals surface area contributed by atoms with E-state index in [4.69, 9.17) is 0 Å². The molecule has 1 N–H and O–H groups in total. The molecule has 0 spiro atoms. The Bertz CT molecular complexity index is 207. The molecule has 0 aromatic heterocycles. The van der Waals surface area contributed by atoms with Crippen molar-refractivity contribution in [3.8, 4) is 0 Å². The first-order chi connectivity index (χ1) is 7.53. The molecule has 0 aliphatic heterocycles. The lowest BCUT2D eigenvalue weighted by Crippen LogP contribution is -2.44. The van der Waals surface area contributed by atoms with Crippen molar-refractivity contribution in [3.63, 3.8) is 0 Å². The second-order valence-electron chi connectivity index (χ2n) is 6.03. The normalized spacial score (nSPS) is 33.0. The average Bonchev–Trinajstić information content (AvgIpc) is 2.27. The zero-order chi connectivity index (χ0) is 12.2. The van der Waals surface area contributed by atoms with Crippen LogP contribution in [0.1, 0.15) is 52.9 Å². The summed E-state index contributed by atoms with van der Waals surface area (Å²) >= 11 is 0. The van der Waals surface area contributed by atoms with Crippen molar-refractivity contribution in [2.24, 2.45) is 11.3 Å². The zero-order valence-corrected chi connectivity index (χ0v) is 11.5. The molecular formula is C14H29NO. The fourth-order valence-corrected chi connectivity index (χ4v) is 3.10. The van der Waals surface area contributed by atoms with Crippen molar-refractivity contribution in [1.82, 2.24) is 4.90 Å². The SMILES string of the molecule is CCC(C)N(C)CC1(CO)CCCC(C)C1. The summed E-state index contributed by atoms with van der Waals surface area (Å²) in [6, 6.07) is 0.626. The van der Waals surface area contributed by atoms with Gasteiger partial charge in [-0.2, -0.15) is 0 Å². The quantitative estimate of drug-likeness (QED) is 0.780. The minimum atomic E-state index is 0.176. The first-order valence-electron chi connectivity index (χ1n) is 6.84. The van der Waals surface area contributed by atoms with Crippen LogP contribution in [-0.4, -0.2) is 36.2 Å². The van der Waals surface area contributed by atoms with Crippen molar-refractivity contribution in [3.05, 3.63) is 0 Å². The Morgan fingerprint density at radius 1 is 1.50 bits per heavy atom. The van der Waals surface area contributed by atoms with Gasteiger partial charge in [-0.3, -0.25) is 0 Å². The smallest absolute Gasteiger partial charge is 0.0499 e. The van der Waals surface area contributed by atoms with Crippen LogP contribution in [0.5, 0.6) is 0 Å². The Balaban J connectivity index is 2.58. The standard InChI is InChI=1S/C14H29NO/c1-5-13(3)15(4)10-14(11-16)8-6-7-12(2)9-14/h12-13,16H,5-11H2,1-4H3. The first kappa shape index (κ1) is 14.0. The Morgan fingerprint density at radius 3 is 2.69 bits per heavy atom. The Hall–Kier alpha value is -0.0800. The van der Waals surface area contributed by atoms with Gasteiger partial charge in [-0.25, -0.2) is 0 Å². The maximum absolute atomic E-state index is 9.74. The molecule has 0 aromatic rings. The van der Waals surface area contributed by atoms with Gasteiger partial charge in [-0.1, -0.05) is 26.7 Å². The summed E-state index contributed by atoms with van der Waals surface area (Å²) in [4.78, 5) is 2.42. The lowest BCUT2D eigenvalue weighted by atomic mass is 9.70. The van der Waals surface area contributed by atoms with Gasteiger partial charge in [0.2, 0.25) is 0 Å². The van der Waals surface area contributed by atoms with E-state index in [1.165, 1.54) is 32.1 Å². The highest BCUT2D eigenvalue weighted by molar-refractivity contribution is 4.87. The molecule has 1 aliphatic rings. The van der Waals surface area contributed by atoms with Crippen LogP contribution in [-0.2, 0) is 0 Å². The lowest BCUT2D eigenvalue weighted by Gasteiger charge is -2.42. The van der Waals surface area contributed by atoms with Crippen LogP contribution >= 0.6 is 0 Å². The summed E-state index contributed by atoms with van der Waals surface area (Å²) < 4.78 is 0. The van der Waals surface area contributed by atoms with E-state index in [1.54, 1.807) is 0 Å². The van der Waals surface area contributed by atoms with Crippen LogP contribution in [0.3, 0.4) is 0 Å². The Labute approximate surface area is 101 Å². The number of nitrogens with zero attached hydrogens (tertiary/aromatic N) is 1. The summed E-state index contributed by atoms with van der Waals surface area (Å²) in [7, 11) is 2.20. The number of hydrogen-bond acceptors (Lipinski definition) is 2.